The Bertz CT molecular complexity index is 1050. The van der Waals surface area contributed by atoms with Gasteiger partial charge in [0.15, 0.2) is 6.61 Å². The highest BCUT2D eigenvalue weighted by atomic mass is 35.5. The molecule has 0 spiro atoms. The molecule has 1 fully saturated rings. The number of pyridine rings is 1. The zero-order valence-corrected chi connectivity index (χ0v) is 16.5. The molecule has 3 aromatic rings. The van der Waals surface area contributed by atoms with Gasteiger partial charge in [0.05, 0.1) is 16.2 Å². The monoisotopic (exact) mass is 409 g/mol. The Morgan fingerprint density at radius 2 is 1.66 bits per heavy atom. The predicted molar refractivity (Wildman–Crippen MR) is 112 cm³/mol. The highest BCUT2D eigenvalue weighted by molar-refractivity contribution is 6.33. The molecule has 0 N–H and O–H groups in total. The summed E-state index contributed by atoms with van der Waals surface area (Å²) in [7, 11) is 0. The first-order valence-electron chi connectivity index (χ1n) is 9.42. The average molecular weight is 410 g/mol. The SMILES string of the molecule is O=C(OCC(=O)N1CCN(c2ccccc2Cl)CC1)c1ccc2ccccc2n1. The van der Waals surface area contributed by atoms with Gasteiger partial charge < -0.3 is 14.5 Å². The van der Waals surface area contributed by atoms with Crippen LogP contribution >= 0.6 is 11.6 Å². The summed E-state index contributed by atoms with van der Waals surface area (Å²) >= 11 is 6.25. The van der Waals surface area contributed by atoms with E-state index in [-0.39, 0.29) is 18.2 Å². The van der Waals surface area contributed by atoms with E-state index in [9.17, 15) is 9.59 Å². The molecule has 1 aliphatic heterocycles. The van der Waals surface area contributed by atoms with Crippen LogP contribution in [0.15, 0.2) is 60.7 Å². The number of nitrogens with zero attached hydrogens (tertiary/aromatic N) is 3. The molecule has 1 aromatic heterocycles. The summed E-state index contributed by atoms with van der Waals surface area (Å²) in [5.74, 6) is -0.809. The van der Waals surface area contributed by atoms with E-state index >= 15 is 0 Å². The second-order valence-electron chi connectivity index (χ2n) is 6.78. The topological polar surface area (TPSA) is 62.7 Å². The maximum absolute atomic E-state index is 12.4. The van der Waals surface area contributed by atoms with E-state index in [0.717, 1.165) is 11.1 Å². The van der Waals surface area contributed by atoms with Crippen LogP contribution in [0, 0.1) is 0 Å². The third-order valence-corrected chi connectivity index (χ3v) is 5.28. The van der Waals surface area contributed by atoms with Gasteiger partial charge in [-0.05, 0) is 24.3 Å². The predicted octanol–water partition coefficient (Wildman–Crippen LogP) is 3.39. The molecule has 0 bridgehead atoms. The number of esters is 1. The van der Waals surface area contributed by atoms with Gasteiger partial charge in [-0.25, -0.2) is 9.78 Å². The van der Waals surface area contributed by atoms with E-state index < -0.39 is 5.97 Å². The van der Waals surface area contributed by atoms with Crippen LogP contribution in [0.3, 0.4) is 0 Å². The molecule has 0 unspecified atom stereocenters. The fourth-order valence-electron chi connectivity index (χ4n) is 3.38. The normalized spacial score (nSPS) is 14.1. The number of carbonyl (C=O) groups is 2. The van der Waals surface area contributed by atoms with Crippen molar-refractivity contribution < 1.29 is 14.3 Å². The first kappa shape index (κ1) is 19.2. The molecule has 1 saturated heterocycles. The van der Waals surface area contributed by atoms with Gasteiger partial charge >= 0.3 is 5.97 Å². The van der Waals surface area contributed by atoms with E-state index in [2.05, 4.69) is 9.88 Å². The second-order valence-corrected chi connectivity index (χ2v) is 7.19. The van der Waals surface area contributed by atoms with Crippen molar-refractivity contribution in [1.82, 2.24) is 9.88 Å². The molecule has 2 heterocycles. The molecule has 29 heavy (non-hydrogen) atoms. The van der Waals surface area contributed by atoms with E-state index in [1.165, 1.54) is 0 Å². The maximum Gasteiger partial charge on any atom is 0.357 e. The number of piperazine rings is 1. The smallest absolute Gasteiger partial charge is 0.357 e. The molecule has 4 rings (SSSR count). The highest BCUT2D eigenvalue weighted by Gasteiger charge is 2.23. The molecule has 1 aliphatic rings. The quantitative estimate of drug-likeness (QED) is 0.618. The number of anilines is 1. The number of hydrogen-bond donors (Lipinski definition) is 0. The van der Waals surface area contributed by atoms with Crippen LogP contribution < -0.4 is 4.90 Å². The Kier molecular flexibility index (Phi) is 5.62. The van der Waals surface area contributed by atoms with E-state index in [0.29, 0.717) is 36.7 Å². The molecule has 0 atom stereocenters. The van der Waals surface area contributed by atoms with Crippen molar-refractivity contribution in [3.05, 3.63) is 71.4 Å². The molecule has 0 aliphatic carbocycles. The lowest BCUT2D eigenvalue weighted by Crippen LogP contribution is -2.50. The lowest BCUT2D eigenvalue weighted by Gasteiger charge is -2.36. The zero-order chi connectivity index (χ0) is 20.2. The number of carbonyl (C=O) groups excluding carboxylic acids is 2. The Hall–Kier alpha value is -3.12. The van der Waals surface area contributed by atoms with E-state index in [4.69, 9.17) is 16.3 Å². The van der Waals surface area contributed by atoms with Gasteiger partial charge in [-0.3, -0.25) is 4.79 Å². The van der Waals surface area contributed by atoms with Crippen LogP contribution in [0.1, 0.15) is 10.5 Å². The summed E-state index contributed by atoms with van der Waals surface area (Å²) in [4.78, 5) is 32.9. The Balaban J connectivity index is 1.30. The fourth-order valence-corrected chi connectivity index (χ4v) is 3.63. The first-order chi connectivity index (χ1) is 14.1. The Morgan fingerprint density at radius 1 is 0.931 bits per heavy atom. The zero-order valence-electron chi connectivity index (χ0n) is 15.8. The second kappa shape index (κ2) is 8.49. The van der Waals surface area contributed by atoms with Crippen molar-refractivity contribution >= 4 is 40.1 Å². The molecule has 7 heteroatoms. The van der Waals surface area contributed by atoms with Crippen molar-refractivity contribution in [2.45, 2.75) is 0 Å². The molecule has 0 radical (unpaired) electrons. The molecular formula is C22H20ClN3O3. The molecule has 0 saturated carbocycles. The summed E-state index contributed by atoms with van der Waals surface area (Å²) in [5.41, 5.74) is 1.87. The molecule has 1 amide bonds. The molecule has 2 aromatic carbocycles. The lowest BCUT2D eigenvalue weighted by atomic mass is 10.2. The van der Waals surface area contributed by atoms with Gasteiger partial charge in [-0.15, -0.1) is 0 Å². The summed E-state index contributed by atoms with van der Waals surface area (Å²) in [6.07, 6.45) is 0. The minimum absolute atomic E-state index is 0.194. The van der Waals surface area contributed by atoms with E-state index in [1.54, 1.807) is 11.0 Å². The number of fused-ring (bicyclic) bond motifs is 1. The summed E-state index contributed by atoms with van der Waals surface area (Å²) in [5, 5.41) is 1.64. The summed E-state index contributed by atoms with van der Waals surface area (Å²) in [6.45, 7) is 2.16. The van der Waals surface area contributed by atoms with Crippen molar-refractivity contribution in [1.29, 1.82) is 0 Å². The summed E-state index contributed by atoms with van der Waals surface area (Å²) in [6, 6.07) is 18.6. The molecule has 6 nitrogen and oxygen atoms in total. The number of aromatic nitrogens is 1. The van der Waals surface area contributed by atoms with Crippen LogP contribution in [0.4, 0.5) is 5.69 Å². The highest BCUT2D eigenvalue weighted by Crippen LogP contribution is 2.26. The Morgan fingerprint density at radius 3 is 2.45 bits per heavy atom. The number of ether oxygens (including phenoxy) is 1. The van der Waals surface area contributed by atoms with Gasteiger partial charge in [0.25, 0.3) is 5.91 Å². The van der Waals surface area contributed by atoms with Crippen molar-refractivity contribution in [3.63, 3.8) is 0 Å². The van der Waals surface area contributed by atoms with Crippen LogP contribution in [0.2, 0.25) is 5.02 Å². The van der Waals surface area contributed by atoms with Gasteiger partial charge in [0.2, 0.25) is 0 Å². The van der Waals surface area contributed by atoms with Crippen molar-refractivity contribution in [3.8, 4) is 0 Å². The van der Waals surface area contributed by atoms with Crippen molar-refractivity contribution in [2.75, 3.05) is 37.7 Å². The summed E-state index contributed by atoms with van der Waals surface area (Å²) < 4.78 is 5.20. The van der Waals surface area contributed by atoms with Crippen molar-refractivity contribution in [2.24, 2.45) is 0 Å². The van der Waals surface area contributed by atoms with Crippen LogP contribution in [-0.4, -0.2) is 54.5 Å². The largest absolute Gasteiger partial charge is 0.451 e. The van der Waals surface area contributed by atoms with E-state index in [1.807, 2.05) is 54.6 Å². The fraction of sp³-hybridized carbons (Fsp3) is 0.227. The minimum Gasteiger partial charge on any atom is -0.451 e. The van der Waals surface area contributed by atoms with Crippen LogP contribution in [-0.2, 0) is 9.53 Å². The van der Waals surface area contributed by atoms with Crippen LogP contribution in [0.25, 0.3) is 10.9 Å². The molecular weight excluding hydrogens is 390 g/mol. The number of rotatable bonds is 4. The lowest BCUT2D eigenvalue weighted by molar-refractivity contribution is -0.134. The first-order valence-corrected chi connectivity index (χ1v) is 9.80. The third-order valence-electron chi connectivity index (χ3n) is 4.96. The number of halogens is 1. The van der Waals surface area contributed by atoms with Gasteiger partial charge in [0.1, 0.15) is 5.69 Å². The third kappa shape index (κ3) is 4.32. The number of para-hydroxylation sites is 2. The number of benzene rings is 2. The Labute approximate surface area is 173 Å². The number of hydrogen-bond acceptors (Lipinski definition) is 5. The minimum atomic E-state index is -0.598. The van der Waals surface area contributed by atoms with Crippen LogP contribution in [0.5, 0.6) is 0 Å². The standard InChI is InChI=1S/C22H20ClN3O3/c23-17-6-2-4-8-20(17)25-11-13-26(14-12-25)21(27)15-29-22(28)19-10-9-16-5-1-3-7-18(16)24-19/h1-10H,11-15H2. The maximum atomic E-state index is 12.4. The number of amides is 1. The van der Waals surface area contributed by atoms with Gasteiger partial charge in [-0.2, -0.15) is 0 Å². The van der Waals surface area contributed by atoms with Gasteiger partial charge in [0, 0.05) is 31.6 Å². The van der Waals surface area contributed by atoms with Gasteiger partial charge in [-0.1, -0.05) is 48.0 Å². The average Bonchev–Trinajstić information content (AvgIpc) is 2.77. The molecule has 148 valence electrons.